The SMILES string of the molecule is F[B-](F)(F)c1c(OCC2CCOCC2)ccc2ccccc12.[K+]. The fourth-order valence-corrected chi connectivity index (χ4v) is 2.86. The number of halogens is 3. The number of hydrogen-bond acceptors (Lipinski definition) is 2. The van der Waals surface area contributed by atoms with Gasteiger partial charge >= 0.3 is 58.4 Å². The fraction of sp³-hybridized carbons (Fsp3) is 0.375. The van der Waals surface area contributed by atoms with Crippen molar-refractivity contribution in [3.05, 3.63) is 36.4 Å². The average molecular weight is 348 g/mol. The third-order valence-electron chi connectivity index (χ3n) is 4.07. The summed E-state index contributed by atoms with van der Waals surface area (Å²) in [5.41, 5.74) is -0.620. The fourth-order valence-electron chi connectivity index (χ4n) is 2.86. The monoisotopic (exact) mass is 348 g/mol. The van der Waals surface area contributed by atoms with E-state index < -0.39 is 12.4 Å². The van der Waals surface area contributed by atoms with Gasteiger partial charge in [-0.15, -0.1) is 0 Å². The Morgan fingerprint density at radius 1 is 1.04 bits per heavy atom. The molecule has 0 radical (unpaired) electrons. The normalized spacial score (nSPS) is 16.1. The second-order valence-corrected chi connectivity index (χ2v) is 5.64. The van der Waals surface area contributed by atoms with Crippen molar-refractivity contribution in [2.45, 2.75) is 12.8 Å². The third-order valence-corrected chi connectivity index (χ3v) is 4.07. The number of ether oxygens (including phenoxy) is 2. The Kier molecular flexibility index (Phi) is 7.01. The van der Waals surface area contributed by atoms with E-state index in [4.69, 9.17) is 9.47 Å². The Labute approximate surface area is 176 Å². The maximum absolute atomic E-state index is 13.5. The van der Waals surface area contributed by atoms with Gasteiger partial charge in [-0.2, -0.15) is 0 Å². The molecule has 23 heavy (non-hydrogen) atoms. The van der Waals surface area contributed by atoms with Crippen molar-refractivity contribution in [2.75, 3.05) is 19.8 Å². The summed E-state index contributed by atoms with van der Waals surface area (Å²) in [5.74, 6) is 0.200. The van der Waals surface area contributed by atoms with Crippen LogP contribution in [-0.2, 0) is 4.74 Å². The largest absolute Gasteiger partial charge is 1.00 e. The minimum atomic E-state index is -5.13. The van der Waals surface area contributed by atoms with Crippen LogP contribution < -0.4 is 61.6 Å². The minimum absolute atomic E-state index is 0. The summed E-state index contributed by atoms with van der Waals surface area (Å²) in [4.78, 5) is 0. The smallest absolute Gasteiger partial charge is 0.496 e. The van der Waals surface area contributed by atoms with Gasteiger partial charge in [-0.1, -0.05) is 35.8 Å². The summed E-state index contributed by atoms with van der Waals surface area (Å²) in [6.07, 6.45) is 1.67. The van der Waals surface area contributed by atoms with Crippen LogP contribution in [0.5, 0.6) is 5.75 Å². The second kappa shape index (κ2) is 8.36. The number of fused-ring (bicyclic) bond motifs is 1. The van der Waals surface area contributed by atoms with Gasteiger partial charge in [-0.05, 0) is 35.6 Å². The first-order chi connectivity index (χ1) is 10.6. The molecule has 2 nitrogen and oxygen atoms in total. The average Bonchev–Trinajstić information content (AvgIpc) is 2.52. The molecule has 1 aliphatic heterocycles. The molecule has 0 atom stereocenters. The summed E-state index contributed by atoms with van der Waals surface area (Å²) < 4.78 is 51.3. The summed E-state index contributed by atoms with van der Waals surface area (Å²) in [7, 11) is 0. The summed E-state index contributed by atoms with van der Waals surface area (Å²) >= 11 is 0. The Morgan fingerprint density at radius 2 is 1.74 bits per heavy atom. The Balaban J connectivity index is 0.00000192. The van der Waals surface area contributed by atoms with E-state index in [0.29, 0.717) is 25.2 Å². The van der Waals surface area contributed by atoms with Gasteiger partial charge < -0.3 is 22.4 Å². The molecule has 3 rings (SSSR count). The molecular weight excluding hydrogens is 331 g/mol. The molecule has 1 heterocycles. The van der Waals surface area contributed by atoms with Gasteiger partial charge in [-0.25, -0.2) is 0 Å². The van der Waals surface area contributed by atoms with Crippen molar-refractivity contribution in [1.82, 2.24) is 0 Å². The minimum Gasteiger partial charge on any atom is -0.496 e. The predicted molar refractivity (Wildman–Crippen MR) is 81.7 cm³/mol. The Hall–Kier alpha value is -0.0487. The second-order valence-electron chi connectivity index (χ2n) is 5.64. The predicted octanol–water partition coefficient (Wildman–Crippen LogP) is 0.704. The van der Waals surface area contributed by atoms with E-state index in [1.165, 1.54) is 12.1 Å². The van der Waals surface area contributed by atoms with Gasteiger partial charge in [0.05, 0.1) is 12.4 Å². The van der Waals surface area contributed by atoms with E-state index in [-0.39, 0.29) is 68.4 Å². The molecule has 1 fully saturated rings. The zero-order valence-electron chi connectivity index (χ0n) is 13.1. The first kappa shape index (κ1) is 19.3. The molecular formula is C16H17BF3KO2. The zero-order chi connectivity index (χ0) is 15.6. The summed E-state index contributed by atoms with van der Waals surface area (Å²) in [6, 6.07) is 9.66. The maximum atomic E-state index is 13.5. The van der Waals surface area contributed by atoms with Gasteiger partial charge in [0.15, 0.2) is 0 Å². The molecule has 1 saturated heterocycles. The van der Waals surface area contributed by atoms with Crippen molar-refractivity contribution in [3.63, 3.8) is 0 Å². The van der Waals surface area contributed by atoms with Crippen molar-refractivity contribution >= 4 is 23.2 Å². The molecule has 0 spiro atoms. The van der Waals surface area contributed by atoms with Crippen LogP contribution in [-0.4, -0.2) is 26.8 Å². The molecule has 2 aromatic carbocycles. The van der Waals surface area contributed by atoms with Gasteiger partial charge in [0.1, 0.15) is 0 Å². The number of hydrogen-bond donors (Lipinski definition) is 0. The van der Waals surface area contributed by atoms with Crippen LogP contribution in [0, 0.1) is 5.92 Å². The van der Waals surface area contributed by atoms with Gasteiger partial charge in [0, 0.05) is 13.2 Å². The van der Waals surface area contributed by atoms with Crippen LogP contribution in [0.15, 0.2) is 36.4 Å². The summed E-state index contributed by atoms with van der Waals surface area (Å²) in [5, 5.41) is 0.787. The molecule has 0 unspecified atom stereocenters. The molecule has 0 aromatic heterocycles. The zero-order valence-corrected chi connectivity index (χ0v) is 16.2. The molecule has 0 saturated carbocycles. The van der Waals surface area contributed by atoms with Crippen molar-refractivity contribution in [3.8, 4) is 5.75 Å². The van der Waals surface area contributed by atoms with Crippen LogP contribution in [0.1, 0.15) is 12.8 Å². The van der Waals surface area contributed by atoms with E-state index in [1.54, 1.807) is 24.3 Å². The molecule has 118 valence electrons. The molecule has 0 amide bonds. The van der Waals surface area contributed by atoms with Crippen molar-refractivity contribution in [1.29, 1.82) is 0 Å². The molecule has 0 bridgehead atoms. The van der Waals surface area contributed by atoms with E-state index >= 15 is 0 Å². The van der Waals surface area contributed by atoms with Crippen LogP contribution in [0.4, 0.5) is 12.9 Å². The maximum Gasteiger partial charge on any atom is 1.00 e. The molecule has 0 aliphatic carbocycles. The van der Waals surface area contributed by atoms with E-state index in [1.807, 2.05) is 0 Å². The van der Waals surface area contributed by atoms with Crippen molar-refractivity contribution < 1.29 is 73.8 Å². The topological polar surface area (TPSA) is 18.5 Å². The van der Waals surface area contributed by atoms with E-state index in [0.717, 1.165) is 12.8 Å². The van der Waals surface area contributed by atoms with E-state index in [2.05, 4.69) is 0 Å². The molecule has 0 N–H and O–H groups in total. The Bertz CT molecular complexity index is 657. The first-order valence-electron chi connectivity index (χ1n) is 7.48. The molecule has 7 heteroatoms. The molecule has 1 aliphatic rings. The summed E-state index contributed by atoms with van der Waals surface area (Å²) in [6.45, 7) is -3.52. The Morgan fingerprint density at radius 3 is 2.43 bits per heavy atom. The van der Waals surface area contributed by atoms with Gasteiger partial charge in [0.2, 0.25) is 0 Å². The molecule has 2 aromatic rings. The standard InChI is InChI=1S/C16H17BF3O2.K/c18-17(19,20)16-14-4-2-1-3-13(14)5-6-15(16)22-11-12-7-9-21-10-8-12;/h1-6,12H,7-11H2;/q-1;+1. The van der Waals surface area contributed by atoms with Crippen LogP contribution in [0.2, 0.25) is 0 Å². The van der Waals surface area contributed by atoms with E-state index in [9.17, 15) is 12.9 Å². The van der Waals surface area contributed by atoms with Crippen LogP contribution in [0.3, 0.4) is 0 Å². The van der Waals surface area contributed by atoms with Gasteiger partial charge in [-0.3, -0.25) is 0 Å². The number of benzene rings is 2. The third kappa shape index (κ3) is 4.74. The quantitative estimate of drug-likeness (QED) is 0.758. The number of rotatable bonds is 4. The van der Waals surface area contributed by atoms with Gasteiger partial charge in [0.25, 0.3) is 0 Å². The van der Waals surface area contributed by atoms with Crippen LogP contribution >= 0.6 is 0 Å². The van der Waals surface area contributed by atoms with Crippen molar-refractivity contribution in [2.24, 2.45) is 5.92 Å². The van der Waals surface area contributed by atoms with Crippen LogP contribution in [0.25, 0.3) is 10.8 Å². The first-order valence-corrected chi connectivity index (χ1v) is 7.48.